The van der Waals surface area contributed by atoms with Crippen molar-refractivity contribution in [2.45, 2.75) is 26.2 Å². The van der Waals surface area contributed by atoms with E-state index in [1.165, 1.54) is 0 Å². The Morgan fingerprint density at radius 3 is 2.52 bits per heavy atom. The number of carbonyl (C=O) groups is 1. The van der Waals surface area contributed by atoms with E-state index in [0.29, 0.717) is 23.1 Å². The second-order valence-corrected chi connectivity index (χ2v) is 5.93. The lowest BCUT2D eigenvalue weighted by Gasteiger charge is -2.28. The zero-order valence-electron chi connectivity index (χ0n) is 14.3. The van der Waals surface area contributed by atoms with Crippen molar-refractivity contribution < 1.29 is 4.79 Å². The summed E-state index contributed by atoms with van der Waals surface area (Å²) in [5, 5.41) is 13.9. The van der Waals surface area contributed by atoms with Gasteiger partial charge in [0, 0.05) is 16.8 Å². The maximum Gasteiger partial charge on any atom is 0.191 e. The number of nitrogens with one attached hydrogen (secondary N) is 1. The minimum Gasteiger partial charge on any atom is -0.289 e. The Bertz CT molecular complexity index is 904. The van der Waals surface area contributed by atoms with Gasteiger partial charge in [0.15, 0.2) is 5.78 Å². The number of hydrazone groups is 1. The number of nitriles is 1. The van der Waals surface area contributed by atoms with E-state index in [1.807, 2.05) is 62.4 Å². The average Bonchev–Trinajstić information content (AvgIpc) is 2.67. The van der Waals surface area contributed by atoms with Gasteiger partial charge < -0.3 is 0 Å². The minimum atomic E-state index is -0.310. The molecule has 4 nitrogen and oxygen atoms in total. The molecule has 124 valence electrons. The summed E-state index contributed by atoms with van der Waals surface area (Å²) in [5.74, 6) is -0.348. The smallest absolute Gasteiger partial charge is 0.191 e. The number of hydrogen-bond donors (Lipinski definition) is 1. The van der Waals surface area contributed by atoms with Crippen molar-refractivity contribution in [1.29, 1.82) is 5.26 Å². The molecule has 1 N–H and O–H groups in total. The van der Waals surface area contributed by atoms with E-state index in [1.54, 1.807) is 6.07 Å². The predicted octanol–water partition coefficient (Wildman–Crippen LogP) is 4.17. The average molecular weight is 329 g/mol. The summed E-state index contributed by atoms with van der Waals surface area (Å²) in [7, 11) is 0. The van der Waals surface area contributed by atoms with Gasteiger partial charge in [-0.3, -0.25) is 10.2 Å². The SMILES string of the molecule is CCC1=NNC(C)=C(C(=O)c2ccccc2)C1c1ccccc1C#N. The largest absolute Gasteiger partial charge is 0.289 e. The molecular weight excluding hydrogens is 310 g/mol. The predicted molar refractivity (Wildman–Crippen MR) is 98.2 cm³/mol. The van der Waals surface area contributed by atoms with Gasteiger partial charge in [-0.15, -0.1) is 0 Å². The molecule has 0 aromatic heterocycles. The fraction of sp³-hybridized carbons (Fsp3) is 0.190. The van der Waals surface area contributed by atoms with E-state index in [9.17, 15) is 10.1 Å². The van der Waals surface area contributed by atoms with Crippen molar-refractivity contribution in [3.8, 4) is 6.07 Å². The normalized spacial score (nSPS) is 16.7. The molecule has 25 heavy (non-hydrogen) atoms. The standard InChI is InChI=1S/C21H19N3O/c1-3-18-20(17-12-8-7-11-16(17)13-22)19(14(2)23-24-18)21(25)15-9-5-4-6-10-15/h4-12,20,23H,3H2,1-2H3. The molecular formula is C21H19N3O. The third-order valence-electron chi connectivity index (χ3n) is 4.43. The first-order valence-electron chi connectivity index (χ1n) is 8.29. The molecule has 3 rings (SSSR count). The summed E-state index contributed by atoms with van der Waals surface area (Å²) >= 11 is 0. The second-order valence-electron chi connectivity index (χ2n) is 5.93. The van der Waals surface area contributed by atoms with Crippen LogP contribution in [-0.2, 0) is 0 Å². The third-order valence-corrected chi connectivity index (χ3v) is 4.43. The molecule has 0 bridgehead atoms. The lowest BCUT2D eigenvalue weighted by molar-refractivity contribution is 0.102. The van der Waals surface area contributed by atoms with Gasteiger partial charge in [-0.05, 0) is 25.0 Å². The zero-order valence-corrected chi connectivity index (χ0v) is 14.3. The van der Waals surface area contributed by atoms with Crippen molar-refractivity contribution in [2.75, 3.05) is 0 Å². The number of ketones is 1. The van der Waals surface area contributed by atoms with Crippen molar-refractivity contribution in [3.05, 3.63) is 82.6 Å². The Kier molecular flexibility index (Phi) is 4.76. The topological polar surface area (TPSA) is 65.2 Å². The van der Waals surface area contributed by atoms with Crippen molar-refractivity contribution >= 4 is 11.5 Å². The highest BCUT2D eigenvalue weighted by Gasteiger charge is 2.33. The van der Waals surface area contributed by atoms with Crippen LogP contribution in [-0.4, -0.2) is 11.5 Å². The molecule has 4 heteroatoms. The first-order valence-corrected chi connectivity index (χ1v) is 8.29. The van der Waals surface area contributed by atoms with E-state index in [2.05, 4.69) is 16.6 Å². The van der Waals surface area contributed by atoms with E-state index in [-0.39, 0.29) is 11.7 Å². The van der Waals surface area contributed by atoms with Gasteiger partial charge >= 0.3 is 0 Å². The number of nitrogens with zero attached hydrogens (tertiary/aromatic N) is 2. The number of hydrogen-bond acceptors (Lipinski definition) is 4. The fourth-order valence-electron chi connectivity index (χ4n) is 3.18. The molecule has 0 saturated heterocycles. The molecule has 0 radical (unpaired) electrons. The molecule has 1 atom stereocenters. The lowest BCUT2D eigenvalue weighted by atomic mass is 9.79. The van der Waals surface area contributed by atoms with E-state index in [0.717, 1.165) is 17.0 Å². The van der Waals surface area contributed by atoms with Crippen molar-refractivity contribution in [2.24, 2.45) is 5.10 Å². The summed E-state index contributed by atoms with van der Waals surface area (Å²) in [6.45, 7) is 3.86. The van der Waals surface area contributed by atoms with Gasteiger partial charge in [0.1, 0.15) is 0 Å². The molecule has 1 heterocycles. The second kappa shape index (κ2) is 7.14. The van der Waals surface area contributed by atoms with Crippen molar-refractivity contribution in [1.82, 2.24) is 5.43 Å². The van der Waals surface area contributed by atoms with Crippen LogP contribution in [0.25, 0.3) is 0 Å². The van der Waals surface area contributed by atoms with Crippen LogP contribution in [0, 0.1) is 11.3 Å². The van der Waals surface area contributed by atoms with Crippen LogP contribution in [0.1, 0.15) is 47.7 Å². The number of rotatable bonds is 4. The summed E-state index contributed by atoms with van der Waals surface area (Å²) in [4.78, 5) is 13.2. The van der Waals surface area contributed by atoms with Crippen molar-refractivity contribution in [3.63, 3.8) is 0 Å². The van der Waals surface area contributed by atoms with Gasteiger partial charge in [0.25, 0.3) is 0 Å². The molecule has 1 aliphatic heterocycles. The number of benzene rings is 2. The minimum absolute atomic E-state index is 0.0378. The van der Waals surface area contributed by atoms with Crippen LogP contribution >= 0.6 is 0 Å². The highest BCUT2D eigenvalue weighted by Crippen LogP contribution is 2.35. The van der Waals surface area contributed by atoms with Crippen LogP contribution in [0.5, 0.6) is 0 Å². The summed E-state index contributed by atoms with van der Waals surface area (Å²) in [6.07, 6.45) is 0.691. The Morgan fingerprint density at radius 2 is 1.84 bits per heavy atom. The Hall–Kier alpha value is -3.19. The van der Waals surface area contributed by atoms with E-state index in [4.69, 9.17) is 0 Å². The maximum atomic E-state index is 13.2. The van der Waals surface area contributed by atoms with Gasteiger partial charge in [0.05, 0.1) is 23.3 Å². The Labute approximate surface area is 147 Å². The van der Waals surface area contributed by atoms with Crippen LogP contribution in [0.3, 0.4) is 0 Å². The highest BCUT2D eigenvalue weighted by molar-refractivity contribution is 6.15. The summed E-state index contributed by atoms with van der Waals surface area (Å²) < 4.78 is 0. The molecule has 0 amide bonds. The van der Waals surface area contributed by atoms with Crippen LogP contribution in [0.15, 0.2) is 71.0 Å². The summed E-state index contributed by atoms with van der Waals surface area (Å²) in [6, 6.07) is 18.9. The van der Waals surface area contributed by atoms with E-state index >= 15 is 0 Å². The molecule has 0 saturated carbocycles. The van der Waals surface area contributed by atoms with Crippen LogP contribution in [0.4, 0.5) is 0 Å². The maximum absolute atomic E-state index is 13.2. The lowest BCUT2D eigenvalue weighted by Crippen LogP contribution is -2.30. The monoisotopic (exact) mass is 329 g/mol. The molecule has 1 unspecified atom stereocenters. The third kappa shape index (κ3) is 3.09. The molecule has 0 fully saturated rings. The van der Waals surface area contributed by atoms with Gasteiger partial charge in [-0.1, -0.05) is 55.5 Å². The Balaban J connectivity index is 2.17. The fourth-order valence-corrected chi connectivity index (χ4v) is 3.18. The number of Topliss-reactive ketones (excluding diaryl/α,β-unsaturated/α-hetero) is 1. The number of allylic oxidation sites excluding steroid dienone is 2. The first kappa shape index (κ1) is 16.7. The zero-order chi connectivity index (χ0) is 17.8. The van der Waals surface area contributed by atoms with Gasteiger partial charge in [-0.25, -0.2) is 0 Å². The van der Waals surface area contributed by atoms with Crippen LogP contribution < -0.4 is 5.43 Å². The number of carbonyl (C=O) groups excluding carboxylic acids is 1. The van der Waals surface area contributed by atoms with Gasteiger partial charge in [0.2, 0.25) is 0 Å². The Morgan fingerprint density at radius 1 is 1.16 bits per heavy atom. The van der Waals surface area contributed by atoms with E-state index < -0.39 is 0 Å². The first-order chi connectivity index (χ1) is 12.2. The molecule has 2 aromatic rings. The molecule has 1 aliphatic rings. The summed E-state index contributed by atoms with van der Waals surface area (Å²) in [5.41, 5.74) is 7.25. The molecule has 0 aliphatic carbocycles. The van der Waals surface area contributed by atoms with Crippen LogP contribution in [0.2, 0.25) is 0 Å². The molecule has 0 spiro atoms. The quantitative estimate of drug-likeness (QED) is 0.856. The molecule has 2 aromatic carbocycles. The van der Waals surface area contributed by atoms with Gasteiger partial charge in [-0.2, -0.15) is 10.4 Å². The highest BCUT2D eigenvalue weighted by atomic mass is 16.1.